The highest BCUT2D eigenvalue weighted by Crippen LogP contribution is 2.35. The van der Waals surface area contributed by atoms with E-state index in [0.29, 0.717) is 17.8 Å². The number of hydrogen-bond acceptors (Lipinski definition) is 4. The number of aromatic amines is 1. The molecule has 1 saturated carbocycles. The van der Waals surface area contributed by atoms with Gasteiger partial charge >= 0.3 is 0 Å². The molecule has 3 rings (SSSR count). The first-order chi connectivity index (χ1) is 10.6. The minimum absolute atomic E-state index is 0.100. The average molecular weight is 300 g/mol. The maximum Gasteiger partial charge on any atom is 0.229 e. The highest BCUT2D eigenvalue weighted by molar-refractivity contribution is 5.91. The van der Waals surface area contributed by atoms with Gasteiger partial charge in [0, 0.05) is 23.7 Å². The Morgan fingerprint density at radius 3 is 3.00 bits per heavy atom. The van der Waals surface area contributed by atoms with Gasteiger partial charge in [0.05, 0.1) is 13.5 Å². The number of carbonyl (C=O) groups excluding carboxylic acids is 1. The molecule has 0 unspecified atom stereocenters. The molecule has 1 aliphatic rings. The van der Waals surface area contributed by atoms with E-state index < -0.39 is 0 Å². The van der Waals surface area contributed by atoms with E-state index in [4.69, 9.17) is 10.5 Å². The van der Waals surface area contributed by atoms with Gasteiger partial charge in [0.25, 0.3) is 0 Å². The number of amides is 1. The molecule has 6 heteroatoms. The van der Waals surface area contributed by atoms with E-state index in [-0.39, 0.29) is 12.3 Å². The van der Waals surface area contributed by atoms with E-state index in [1.165, 1.54) is 0 Å². The van der Waals surface area contributed by atoms with Crippen molar-refractivity contribution >= 4 is 11.7 Å². The van der Waals surface area contributed by atoms with Gasteiger partial charge in [-0.2, -0.15) is 5.10 Å². The average Bonchev–Trinajstić information content (AvgIpc) is 2.92. The molecule has 0 spiro atoms. The number of carbonyl (C=O) groups is 1. The first kappa shape index (κ1) is 14.6. The molecule has 0 saturated heterocycles. The summed E-state index contributed by atoms with van der Waals surface area (Å²) < 4.78 is 5.15. The zero-order chi connectivity index (χ0) is 15.5. The summed E-state index contributed by atoms with van der Waals surface area (Å²) in [6, 6.07) is 9.65. The van der Waals surface area contributed by atoms with Gasteiger partial charge in [-0.15, -0.1) is 0 Å². The van der Waals surface area contributed by atoms with Gasteiger partial charge in [-0.05, 0) is 30.5 Å². The number of H-pyrrole nitrogens is 1. The van der Waals surface area contributed by atoms with Crippen molar-refractivity contribution in [3.05, 3.63) is 41.6 Å². The van der Waals surface area contributed by atoms with Gasteiger partial charge in [0.2, 0.25) is 5.91 Å². The molecule has 1 aromatic heterocycles. The van der Waals surface area contributed by atoms with E-state index in [1.54, 1.807) is 7.11 Å². The first-order valence-corrected chi connectivity index (χ1v) is 7.37. The van der Waals surface area contributed by atoms with Crippen LogP contribution < -0.4 is 15.8 Å². The lowest BCUT2D eigenvalue weighted by molar-refractivity contribution is -0.115. The maximum absolute atomic E-state index is 12.1. The van der Waals surface area contributed by atoms with E-state index >= 15 is 0 Å². The molecule has 0 radical (unpaired) electrons. The summed E-state index contributed by atoms with van der Waals surface area (Å²) in [6.07, 6.45) is 2.23. The first-order valence-electron chi connectivity index (χ1n) is 7.37. The van der Waals surface area contributed by atoms with Gasteiger partial charge in [0.15, 0.2) is 5.82 Å². The van der Waals surface area contributed by atoms with Crippen molar-refractivity contribution in [2.24, 2.45) is 5.73 Å². The molecular weight excluding hydrogens is 280 g/mol. The van der Waals surface area contributed by atoms with Crippen LogP contribution in [0.3, 0.4) is 0 Å². The summed E-state index contributed by atoms with van der Waals surface area (Å²) in [5.41, 5.74) is 7.73. The number of nitrogens with one attached hydrogen (secondary N) is 2. The Morgan fingerprint density at radius 1 is 1.45 bits per heavy atom. The highest BCUT2D eigenvalue weighted by atomic mass is 16.5. The number of benzene rings is 1. The normalized spacial score (nSPS) is 20.3. The van der Waals surface area contributed by atoms with Crippen molar-refractivity contribution in [3.63, 3.8) is 0 Å². The third-order valence-electron chi connectivity index (χ3n) is 3.98. The van der Waals surface area contributed by atoms with E-state index in [0.717, 1.165) is 29.8 Å². The fraction of sp³-hybridized carbons (Fsp3) is 0.375. The summed E-state index contributed by atoms with van der Waals surface area (Å²) in [7, 11) is 1.61. The monoisotopic (exact) mass is 300 g/mol. The predicted molar refractivity (Wildman–Crippen MR) is 83.9 cm³/mol. The van der Waals surface area contributed by atoms with Crippen LogP contribution in [0.2, 0.25) is 0 Å². The van der Waals surface area contributed by atoms with Crippen molar-refractivity contribution in [1.82, 2.24) is 10.2 Å². The maximum atomic E-state index is 12.1. The standard InChI is InChI=1S/C16H20N4O2/c1-22-13-4-2-3-10(5-13)6-16(21)18-15-9-14(19-20-15)11-7-12(17)8-11/h2-5,9,11-12H,6-8,17H2,1H3,(H2,18,19,20,21). The number of nitrogens with two attached hydrogens (primary N) is 1. The molecular formula is C16H20N4O2. The Bertz CT molecular complexity index is 662. The minimum Gasteiger partial charge on any atom is -0.497 e. The SMILES string of the molecule is COc1cccc(CC(=O)Nc2cc(C3CC(N)C3)[nH]n2)c1. The van der Waals surface area contributed by atoms with Crippen LogP contribution in [0.25, 0.3) is 0 Å². The van der Waals surface area contributed by atoms with Gasteiger partial charge in [0.1, 0.15) is 5.75 Å². The van der Waals surface area contributed by atoms with Crippen LogP contribution in [0.15, 0.2) is 30.3 Å². The predicted octanol–water partition coefficient (Wildman–Crippen LogP) is 1.80. The molecule has 22 heavy (non-hydrogen) atoms. The van der Waals surface area contributed by atoms with E-state index in [9.17, 15) is 4.79 Å². The second kappa shape index (κ2) is 6.19. The van der Waals surface area contributed by atoms with Crippen LogP contribution in [0.1, 0.15) is 30.0 Å². The fourth-order valence-corrected chi connectivity index (χ4v) is 2.68. The van der Waals surface area contributed by atoms with Gasteiger partial charge in [-0.1, -0.05) is 12.1 Å². The van der Waals surface area contributed by atoms with Gasteiger partial charge < -0.3 is 15.8 Å². The Hall–Kier alpha value is -2.34. The quantitative estimate of drug-likeness (QED) is 0.785. The van der Waals surface area contributed by atoms with Crippen LogP contribution in [-0.4, -0.2) is 29.3 Å². The molecule has 0 aliphatic heterocycles. The van der Waals surface area contributed by atoms with Crippen LogP contribution >= 0.6 is 0 Å². The number of rotatable bonds is 5. The summed E-state index contributed by atoms with van der Waals surface area (Å²) in [5, 5.41) is 9.92. The highest BCUT2D eigenvalue weighted by Gasteiger charge is 2.28. The largest absolute Gasteiger partial charge is 0.497 e. The molecule has 0 bridgehead atoms. The number of ether oxygens (including phenoxy) is 1. The van der Waals surface area contributed by atoms with Crippen molar-refractivity contribution in [2.75, 3.05) is 12.4 Å². The number of aromatic nitrogens is 2. The smallest absolute Gasteiger partial charge is 0.229 e. The topological polar surface area (TPSA) is 93.0 Å². The van der Waals surface area contributed by atoms with Gasteiger partial charge in [-0.3, -0.25) is 9.89 Å². The lowest BCUT2D eigenvalue weighted by atomic mass is 9.79. The van der Waals surface area contributed by atoms with E-state index in [2.05, 4.69) is 15.5 Å². The molecule has 2 aromatic rings. The molecule has 1 aromatic carbocycles. The van der Waals surface area contributed by atoms with Crippen LogP contribution in [0.4, 0.5) is 5.82 Å². The summed E-state index contributed by atoms with van der Waals surface area (Å²) in [4.78, 5) is 12.1. The number of methoxy groups -OCH3 is 1. The molecule has 116 valence electrons. The fourth-order valence-electron chi connectivity index (χ4n) is 2.68. The lowest BCUT2D eigenvalue weighted by Gasteiger charge is -2.31. The van der Waals surface area contributed by atoms with Crippen molar-refractivity contribution in [3.8, 4) is 5.75 Å². The summed E-state index contributed by atoms with van der Waals surface area (Å²) >= 11 is 0. The van der Waals surface area contributed by atoms with Gasteiger partial charge in [-0.25, -0.2) is 0 Å². The minimum atomic E-state index is -0.100. The van der Waals surface area contributed by atoms with Crippen molar-refractivity contribution in [1.29, 1.82) is 0 Å². The molecule has 1 heterocycles. The number of hydrogen-bond donors (Lipinski definition) is 3. The third kappa shape index (κ3) is 3.28. The number of nitrogens with zero attached hydrogens (tertiary/aromatic N) is 1. The lowest BCUT2D eigenvalue weighted by Crippen LogP contribution is -2.34. The molecule has 1 aliphatic carbocycles. The Balaban J connectivity index is 1.57. The summed E-state index contributed by atoms with van der Waals surface area (Å²) in [6.45, 7) is 0. The molecule has 4 N–H and O–H groups in total. The molecule has 0 atom stereocenters. The third-order valence-corrected chi connectivity index (χ3v) is 3.98. The van der Waals surface area contributed by atoms with Crippen molar-refractivity contribution < 1.29 is 9.53 Å². The second-order valence-electron chi connectivity index (χ2n) is 5.71. The second-order valence-corrected chi connectivity index (χ2v) is 5.71. The summed E-state index contributed by atoms with van der Waals surface area (Å²) in [5.74, 6) is 1.64. The van der Waals surface area contributed by atoms with Crippen molar-refractivity contribution in [2.45, 2.75) is 31.2 Å². The molecule has 6 nitrogen and oxygen atoms in total. The Labute approximate surface area is 129 Å². The Morgan fingerprint density at radius 2 is 2.27 bits per heavy atom. The number of anilines is 1. The van der Waals surface area contributed by atoms with E-state index in [1.807, 2.05) is 30.3 Å². The Kier molecular flexibility index (Phi) is 4.11. The van der Waals surface area contributed by atoms with Crippen LogP contribution in [0.5, 0.6) is 5.75 Å². The molecule has 1 fully saturated rings. The van der Waals surface area contributed by atoms with Crippen LogP contribution in [0, 0.1) is 0 Å². The zero-order valence-corrected chi connectivity index (χ0v) is 12.5. The molecule has 1 amide bonds. The van der Waals surface area contributed by atoms with Crippen LogP contribution in [-0.2, 0) is 11.2 Å². The zero-order valence-electron chi connectivity index (χ0n) is 12.5.